The molecule has 3 radical (unpaired) electrons. The van der Waals surface area contributed by atoms with Crippen LogP contribution in [-0.2, 0) is 17.1 Å². The molecule has 0 spiro atoms. The Hall–Kier alpha value is 1.92. The molecule has 0 heterocycles. The minimum absolute atomic E-state index is 0. The van der Waals surface area contributed by atoms with E-state index in [1.165, 1.54) is 38.5 Å². The van der Waals surface area contributed by atoms with E-state index in [-0.39, 0.29) is 35.9 Å². The Bertz CT molecular complexity index is 82.6. The van der Waals surface area contributed by atoms with Gasteiger partial charge in [0.1, 0.15) is 0 Å². The van der Waals surface area contributed by atoms with Crippen LogP contribution in [0.15, 0.2) is 0 Å². The van der Waals surface area contributed by atoms with Gasteiger partial charge in [-0.3, -0.25) is 0 Å². The summed E-state index contributed by atoms with van der Waals surface area (Å²) in [7, 11) is 0. The fourth-order valence-electron chi connectivity index (χ4n) is 1.66. The first-order valence-electron chi connectivity index (χ1n) is 6.18. The molecular formula is C12H27CuLiSn. The molecule has 0 rings (SSSR count). The molecule has 0 aromatic heterocycles. The van der Waals surface area contributed by atoms with Crippen molar-refractivity contribution < 1.29 is 17.1 Å². The number of rotatable bonds is 9. The third-order valence-corrected chi connectivity index (χ3v) is 11.7. The van der Waals surface area contributed by atoms with Crippen molar-refractivity contribution in [3.05, 3.63) is 0 Å². The van der Waals surface area contributed by atoms with Crippen LogP contribution in [0.2, 0.25) is 13.3 Å². The van der Waals surface area contributed by atoms with Crippen LogP contribution in [-0.4, -0.2) is 38.6 Å². The van der Waals surface area contributed by atoms with Gasteiger partial charge in [0.05, 0.1) is 0 Å². The predicted octanol–water partition coefficient (Wildman–Crippen LogP) is 4.50. The molecule has 0 amide bonds. The van der Waals surface area contributed by atoms with Gasteiger partial charge in [-0.1, -0.05) is 0 Å². The minimum Gasteiger partial charge on any atom is 0 e. The molecule has 0 aliphatic rings. The Labute approximate surface area is 127 Å². The first-order chi connectivity index (χ1) is 6.35. The largest absolute Gasteiger partial charge is 0 e. The summed E-state index contributed by atoms with van der Waals surface area (Å²) in [5, 5.41) is 0. The fourth-order valence-corrected chi connectivity index (χ4v) is 11.1. The molecule has 0 unspecified atom stereocenters. The minimum atomic E-state index is -0.839. The van der Waals surface area contributed by atoms with E-state index in [4.69, 9.17) is 0 Å². The molecule has 91 valence electrons. The zero-order valence-corrected chi connectivity index (χ0v) is 15.0. The Morgan fingerprint density at radius 2 is 0.933 bits per heavy atom. The van der Waals surface area contributed by atoms with Crippen molar-refractivity contribution in [1.82, 2.24) is 0 Å². The first-order valence-corrected chi connectivity index (χ1v) is 12.2. The van der Waals surface area contributed by atoms with Crippen LogP contribution in [0.1, 0.15) is 59.3 Å². The summed E-state index contributed by atoms with van der Waals surface area (Å²) in [6.45, 7) is 7.00. The zero-order valence-electron chi connectivity index (χ0n) is 11.2. The topological polar surface area (TPSA) is 0 Å². The third-order valence-electron chi connectivity index (χ3n) is 2.65. The Balaban J connectivity index is -0.000000720. The van der Waals surface area contributed by atoms with Crippen molar-refractivity contribution in [3.8, 4) is 0 Å². The van der Waals surface area contributed by atoms with E-state index < -0.39 is 19.8 Å². The second-order valence-corrected chi connectivity index (χ2v) is 12.6. The second-order valence-electron chi connectivity index (χ2n) is 4.06. The molecule has 0 aromatic rings. The smallest absolute Gasteiger partial charge is 0 e. The monoisotopic (exact) mass is 361 g/mol. The van der Waals surface area contributed by atoms with Gasteiger partial charge in [-0.2, -0.15) is 0 Å². The molecule has 3 heteroatoms. The van der Waals surface area contributed by atoms with Gasteiger partial charge in [0.2, 0.25) is 0 Å². The Morgan fingerprint density at radius 3 is 1.13 bits per heavy atom. The summed E-state index contributed by atoms with van der Waals surface area (Å²) in [6, 6.07) is 0. The van der Waals surface area contributed by atoms with Crippen LogP contribution >= 0.6 is 0 Å². The van der Waals surface area contributed by atoms with E-state index in [2.05, 4.69) is 20.8 Å². The van der Waals surface area contributed by atoms with E-state index in [1.807, 2.05) is 0 Å². The Kier molecular flexibility index (Phi) is 27.0. The van der Waals surface area contributed by atoms with Crippen molar-refractivity contribution in [2.45, 2.75) is 72.6 Å². The number of hydrogen-bond donors (Lipinski definition) is 0. The van der Waals surface area contributed by atoms with Crippen molar-refractivity contribution in [2.24, 2.45) is 0 Å². The number of unbranched alkanes of at least 4 members (excludes halogenated alkanes) is 3. The van der Waals surface area contributed by atoms with E-state index in [0.717, 1.165) is 0 Å². The zero-order chi connectivity index (χ0) is 9.94. The van der Waals surface area contributed by atoms with Crippen LogP contribution in [0.5, 0.6) is 0 Å². The Morgan fingerprint density at radius 1 is 0.667 bits per heavy atom. The van der Waals surface area contributed by atoms with E-state index >= 15 is 0 Å². The van der Waals surface area contributed by atoms with Gasteiger partial charge in [-0.15, -0.1) is 0 Å². The maximum atomic E-state index is 2.33. The fraction of sp³-hybridized carbons (Fsp3) is 1.00. The average molecular weight is 361 g/mol. The van der Waals surface area contributed by atoms with Crippen molar-refractivity contribution in [1.29, 1.82) is 0 Å². The normalized spacial score (nSPS) is 9.60. The van der Waals surface area contributed by atoms with Gasteiger partial charge < -0.3 is 0 Å². The third kappa shape index (κ3) is 15.9. The molecule has 0 fully saturated rings. The van der Waals surface area contributed by atoms with Gasteiger partial charge in [0, 0.05) is 35.9 Å². The van der Waals surface area contributed by atoms with E-state index in [0.29, 0.717) is 0 Å². The van der Waals surface area contributed by atoms with Crippen LogP contribution in [0.3, 0.4) is 0 Å². The summed E-state index contributed by atoms with van der Waals surface area (Å²) in [5.41, 5.74) is 0. The molecular weight excluding hydrogens is 333 g/mol. The van der Waals surface area contributed by atoms with Crippen molar-refractivity contribution >= 4 is 38.6 Å². The first kappa shape index (κ1) is 22.1. The average Bonchev–Trinajstić information content (AvgIpc) is 2.17. The SMILES string of the molecule is CCC[CH2][Sn]([CH2]CCC)[CH2]CCC.[Cu].[Li]. The summed E-state index contributed by atoms with van der Waals surface area (Å²) in [4.78, 5) is 0. The van der Waals surface area contributed by atoms with Crippen LogP contribution in [0, 0.1) is 0 Å². The van der Waals surface area contributed by atoms with Gasteiger partial charge >= 0.3 is 92.4 Å². The van der Waals surface area contributed by atoms with Crippen LogP contribution < -0.4 is 0 Å². The molecule has 0 aliphatic heterocycles. The van der Waals surface area contributed by atoms with Crippen molar-refractivity contribution in [2.75, 3.05) is 0 Å². The van der Waals surface area contributed by atoms with Crippen LogP contribution in [0.4, 0.5) is 0 Å². The molecule has 0 bridgehead atoms. The molecule has 0 N–H and O–H groups in total. The molecule has 0 atom stereocenters. The second kappa shape index (κ2) is 18.3. The van der Waals surface area contributed by atoms with Gasteiger partial charge in [0.25, 0.3) is 0 Å². The van der Waals surface area contributed by atoms with Gasteiger partial charge in [0.15, 0.2) is 0 Å². The maximum Gasteiger partial charge on any atom is 0 e. The summed E-state index contributed by atoms with van der Waals surface area (Å²) in [5.74, 6) is 0. The van der Waals surface area contributed by atoms with Crippen LogP contribution in [0.25, 0.3) is 0 Å². The molecule has 0 aromatic carbocycles. The molecule has 0 saturated heterocycles. The number of hydrogen-bond acceptors (Lipinski definition) is 0. The maximum absolute atomic E-state index is 2.33. The van der Waals surface area contributed by atoms with E-state index in [1.54, 1.807) is 13.3 Å². The predicted molar refractivity (Wildman–Crippen MR) is 70.7 cm³/mol. The molecule has 0 saturated carbocycles. The van der Waals surface area contributed by atoms with E-state index in [9.17, 15) is 0 Å². The standard InChI is InChI=1S/3C4H9.Cu.Li.Sn/c3*1-3-4-2;;;/h3*1,3-4H2,2H3;;;. The quantitative estimate of drug-likeness (QED) is 0.531. The van der Waals surface area contributed by atoms with Gasteiger partial charge in [-0.25, -0.2) is 0 Å². The summed E-state index contributed by atoms with van der Waals surface area (Å²) in [6.07, 6.45) is 8.85. The molecule has 0 aliphatic carbocycles. The summed E-state index contributed by atoms with van der Waals surface area (Å²) < 4.78 is 5.04. The van der Waals surface area contributed by atoms with Crippen molar-refractivity contribution in [3.63, 3.8) is 0 Å². The molecule has 15 heavy (non-hydrogen) atoms. The summed E-state index contributed by atoms with van der Waals surface area (Å²) >= 11 is -0.839. The molecule has 0 nitrogen and oxygen atoms in total. The van der Waals surface area contributed by atoms with Gasteiger partial charge in [-0.05, 0) is 0 Å².